The summed E-state index contributed by atoms with van der Waals surface area (Å²) < 4.78 is 0. The predicted octanol–water partition coefficient (Wildman–Crippen LogP) is 10.5. The average Bonchev–Trinajstić information content (AvgIpc) is 2.73. The van der Waals surface area contributed by atoms with E-state index in [0.29, 0.717) is 0 Å². The van der Waals surface area contributed by atoms with Crippen molar-refractivity contribution in [1.29, 1.82) is 0 Å². The third-order valence-corrected chi connectivity index (χ3v) is 6.61. The molecule has 0 bridgehead atoms. The van der Waals surface area contributed by atoms with E-state index < -0.39 is 0 Å². The van der Waals surface area contributed by atoms with Gasteiger partial charge in [-0.1, -0.05) is 137 Å². The lowest BCUT2D eigenvalue weighted by molar-refractivity contribution is 0.405. The van der Waals surface area contributed by atoms with Gasteiger partial charge in [0.15, 0.2) is 0 Å². The van der Waals surface area contributed by atoms with Crippen LogP contribution in [0.3, 0.4) is 0 Å². The van der Waals surface area contributed by atoms with Gasteiger partial charge in [-0.25, -0.2) is 0 Å². The fourth-order valence-corrected chi connectivity index (χ4v) is 4.27. The summed E-state index contributed by atoms with van der Waals surface area (Å²) in [7, 11) is 0. The number of hydrogen-bond acceptors (Lipinski definition) is 0. The Morgan fingerprint density at radius 1 is 0.517 bits per heavy atom. The quantitative estimate of drug-likeness (QED) is 0.132. The lowest BCUT2D eigenvalue weighted by Gasteiger charge is -2.14. The summed E-state index contributed by atoms with van der Waals surface area (Å²) in [6.07, 6.45) is 29.0. The summed E-state index contributed by atoms with van der Waals surface area (Å²) >= 11 is 0. The van der Waals surface area contributed by atoms with Gasteiger partial charge in [0, 0.05) is 12.8 Å². The van der Waals surface area contributed by atoms with E-state index in [0.717, 1.165) is 24.7 Å². The minimum absolute atomic E-state index is 0.838. The molecule has 0 saturated heterocycles. The molecule has 0 aliphatic carbocycles. The maximum absolute atomic E-state index is 3.50. The standard InChI is InChI=1S/C29H56/c1-5-8-10-12-14-15-16-17-19-21-26-29(7-3)27-23-22-25-28(4)24-20-18-13-11-9-6-2/h28-29H,5-18,20,22-27H2,1-4H3. The van der Waals surface area contributed by atoms with Crippen LogP contribution < -0.4 is 0 Å². The van der Waals surface area contributed by atoms with Gasteiger partial charge in [-0.15, -0.1) is 11.8 Å². The first-order valence-electron chi connectivity index (χ1n) is 13.7. The normalized spacial score (nSPS) is 13.1. The van der Waals surface area contributed by atoms with Crippen LogP contribution >= 0.6 is 0 Å². The van der Waals surface area contributed by atoms with Crippen LogP contribution in [-0.2, 0) is 0 Å². The molecule has 0 N–H and O–H groups in total. The van der Waals surface area contributed by atoms with Crippen LogP contribution in [0, 0.1) is 23.7 Å². The first kappa shape index (κ1) is 28.6. The SMILES string of the molecule is CCCCCCCCCC#CCC(CC)CCCCC(C)CCCCCCCC. The van der Waals surface area contributed by atoms with Crippen molar-refractivity contribution in [1.82, 2.24) is 0 Å². The highest BCUT2D eigenvalue weighted by atomic mass is 14.1. The molecule has 0 radical (unpaired) electrons. The second-order valence-electron chi connectivity index (χ2n) is 9.65. The summed E-state index contributed by atoms with van der Waals surface area (Å²) in [5, 5.41) is 0. The zero-order chi connectivity index (χ0) is 21.4. The van der Waals surface area contributed by atoms with E-state index in [-0.39, 0.29) is 0 Å². The minimum Gasteiger partial charge on any atom is -0.103 e. The highest BCUT2D eigenvalue weighted by Crippen LogP contribution is 2.21. The van der Waals surface area contributed by atoms with Crippen molar-refractivity contribution in [3.8, 4) is 11.8 Å². The molecular formula is C29H56. The lowest BCUT2D eigenvalue weighted by Crippen LogP contribution is -1.99. The second-order valence-corrected chi connectivity index (χ2v) is 9.65. The van der Waals surface area contributed by atoms with E-state index >= 15 is 0 Å². The third kappa shape index (κ3) is 22.1. The first-order chi connectivity index (χ1) is 14.2. The molecule has 0 nitrogen and oxygen atoms in total. The summed E-state index contributed by atoms with van der Waals surface area (Å²) in [6.45, 7) is 9.41. The molecule has 0 aliphatic rings. The zero-order valence-corrected chi connectivity index (χ0v) is 21.0. The van der Waals surface area contributed by atoms with E-state index in [1.807, 2.05) is 0 Å². The van der Waals surface area contributed by atoms with Crippen molar-refractivity contribution in [2.24, 2.45) is 11.8 Å². The van der Waals surface area contributed by atoms with Gasteiger partial charge in [-0.2, -0.15) is 0 Å². The first-order valence-corrected chi connectivity index (χ1v) is 13.7. The Hall–Kier alpha value is -0.440. The van der Waals surface area contributed by atoms with Crippen molar-refractivity contribution in [2.45, 2.75) is 163 Å². The van der Waals surface area contributed by atoms with Crippen LogP contribution in [0.5, 0.6) is 0 Å². The maximum atomic E-state index is 3.50. The molecule has 0 aromatic heterocycles. The molecule has 0 spiro atoms. The molecule has 0 heterocycles. The Labute approximate surface area is 186 Å². The Morgan fingerprint density at radius 2 is 1.00 bits per heavy atom. The molecule has 0 heteroatoms. The monoisotopic (exact) mass is 404 g/mol. The van der Waals surface area contributed by atoms with E-state index in [2.05, 4.69) is 39.5 Å². The van der Waals surface area contributed by atoms with Gasteiger partial charge in [0.25, 0.3) is 0 Å². The molecule has 0 saturated carbocycles. The van der Waals surface area contributed by atoms with Gasteiger partial charge in [-0.05, 0) is 24.7 Å². The molecule has 0 aromatic carbocycles. The van der Waals surface area contributed by atoms with Crippen molar-refractivity contribution >= 4 is 0 Å². The van der Waals surface area contributed by atoms with Gasteiger partial charge >= 0.3 is 0 Å². The minimum atomic E-state index is 0.838. The predicted molar refractivity (Wildman–Crippen MR) is 134 cm³/mol. The molecule has 29 heavy (non-hydrogen) atoms. The van der Waals surface area contributed by atoms with Crippen LogP contribution in [0.1, 0.15) is 163 Å². The molecule has 2 unspecified atom stereocenters. The third-order valence-electron chi connectivity index (χ3n) is 6.61. The molecule has 172 valence electrons. The Kier molecular flexibility index (Phi) is 23.5. The molecule has 0 rings (SSSR count). The van der Waals surface area contributed by atoms with Crippen LogP contribution in [-0.4, -0.2) is 0 Å². The van der Waals surface area contributed by atoms with E-state index in [1.54, 1.807) is 0 Å². The van der Waals surface area contributed by atoms with Crippen molar-refractivity contribution in [2.75, 3.05) is 0 Å². The Balaban J connectivity index is 3.55. The smallest absolute Gasteiger partial charge is 0.0117 e. The molecule has 0 aromatic rings. The molecule has 2 atom stereocenters. The Morgan fingerprint density at radius 3 is 1.59 bits per heavy atom. The largest absolute Gasteiger partial charge is 0.103 e. The zero-order valence-electron chi connectivity index (χ0n) is 21.0. The maximum Gasteiger partial charge on any atom is 0.0117 e. The van der Waals surface area contributed by atoms with Crippen molar-refractivity contribution in [3.63, 3.8) is 0 Å². The number of rotatable bonds is 21. The molecule has 0 aliphatic heterocycles. The van der Waals surface area contributed by atoms with Gasteiger partial charge in [0.05, 0.1) is 0 Å². The summed E-state index contributed by atoms with van der Waals surface area (Å²) in [5.74, 6) is 8.72. The summed E-state index contributed by atoms with van der Waals surface area (Å²) in [4.78, 5) is 0. The van der Waals surface area contributed by atoms with Crippen LogP contribution in [0.2, 0.25) is 0 Å². The Bertz CT molecular complexity index is 358. The lowest BCUT2D eigenvalue weighted by atomic mass is 9.92. The topological polar surface area (TPSA) is 0 Å². The summed E-state index contributed by atoms with van der Waals surface area (Å²) in [5.41, 5.74) is 0. The van der Waals surface area contributed by atoms with E-state index in [9.17, 15) is 0 Å². The van der Waals surface area contributed by atoms with E-state index in [4.69, 9.17) is 0 Å². The van der Waals surface area contributed by atoms with Gasteiger partial charge in [0.1, 0.15) is 0 Å². The van der Waals surface area contributed by atoms with Gasteiger partial charge in [-0.3, -0.25) is 0 Å². The molecule has 0 amide bonds. The fraction of sp³-hybridized carbons (Fsp3) is 0.931. The number of unbranched alkanes of at least 4 members (excludes halogenated alkanes) is 13. The van der Waals surface area contributed by atoms with E-state index in [1.165, 1.54) is 122 Å². The molecule has 0 fully saturated rings. The average molecular weight is 405 g/mol. The molecular weight excluding hydrogens is 348 g/mol. The van der Waals surface area contributed by atoms with Crippen LogP contribution in [0.4, 0.5) is 0 Å². The van der Waals surface area contributed by atoms with Gasteiger partial charge in [0.2, 0.25) is 0 Å². The summed E-state index contributed by atoms with van der Waals surface area (Å²) in [6, 6.07) is 0. The highest BCUT2D eigenvalue weighted by molar-refractivity contribution is 4.99. The number of hydrogen-bond donors (Lipinski definition) is 0. The fourth-order valence-electron chi connectivity index (χ4n) is 4.27. The second kappa shape index (κ2) is 23.8. The van der Waals surface area contributed by atoms with Gasteiger partial charge < -0.3 is 0 Å². The van der Waals surface area contributed by atoms with Crippen LogP contribution in [0.25, 0.3) is 0 Å². The van der Waals surface area contributed by atoms with Crippen molar-refractivity contribution < 1.29 is 0 Å². The van der Waals surface area contributed by atoms with Crippen molar-refractivity contribution in [3.05, 3.63) is 0 Å². The van der Waals surface area contributed by atoms with Crippen LogP contribution in [0.15, 0.2) is 0 Å². The highest BCUT2D eigenvalue weighted by Gasteiger charge is 2.06.